The average Bonchev–Trinajstić information content (AvgIpc) is 2.58. The molecule has 4 amide bonds. The van der Waals surface area contributed by atoms with E-state index in [9.17, 15) is 14.4 Å². The SMILES string of the molecule is CC[C@]1(N(C)C(=O)C[C@@H](N)CCCN=C(N)N)CN=C(NC(N)=O)NC1=O. The summed E-state index contributed by atoms with van der Waals surface area (Å²) in [7, 11) is 1.54. The number of hydrogen-bond donors (Lipinski definition) is 6. The molecule has 1 aliphatic rings. The van der Waals surface area contributed by atoms with Gasteiger partial charge in [-0.25, -0.2) is 9.79 Å². The van der Waals surface area contributed by atoms with Crippen LogP contribution in [0.5, 0.6) is 0 Å². The van der Waals surface area contributed by atoms with E-state index in [1.54, 1.807) is 14.0 Å². The van der Waals surface area contributed by atoms with Crippen LogP contribution in [0.3, 0.4) is 0 Å². The number of carbonyl (C=O) groups excluding carboxylic acids is 3. The van der Waals surface area contributed by atoms with Crippen molar-refractivity contribution in [1.82, 2.24) is 15.5 Å². The fourth-order valence-electron chi connectivity index (χ4n) is 2.76. The summed E-state index contributed by atoms with van der Waals surface area (Å²) in [6.07, 6.45) is 1.62. The van der Waals surface area contributed by atoms with E-state index in [-0.39, 0.29) is 36.8 Å². The predicted molar refractivity (Wildman–Crippen MR) is 101 cm³/mol. The minimum atomic E-state index is -1.15. The van der Waals surface area contributed by atoms with Crippen molar-refractivity contribution in [2.45, 2.75) is 44.2 Å². The van der Waals surface area contributed by atoms with Gasteiger partial charge in [0.15, 0.2) is 5.96 Å². The molecule has 0 saturated heterocycles. The Morgan fingerprint density at radius 2 is 2.07 bits per heavy atom. The van der Waals surface area contributed by atoms with Crippen molar-refractivity contribution < 1.29 is 14.4 Å². The largest absolute Gasteiger partial charge is 0.370 e. The Labute approximate surface area is 157 Å². The maximum Gasteiger partial charge on any atom is 0.318 e. The summed E-state index contributed by atoms with van der Waals surface area (Å²) in [5.41, 5.74) is 20.4. The standard InChI is InChI=1S/C15H29N9O3/c1-3-15(8-21-14(22-11(15)26)23-13(19)27)24(2)10(25)7-9(16)5-4-6-20-12(17)18/h9H,3-8,16H2,1-2H3,(H4,17,18,20)(H4,19,21,22,23,26,27)/t9-,15-/m0/s1. The Balaban J connectivity index is 2.71. The second-order valence-electron chi connectivity index (χ2n) is 6.36. The molecule has 152 valence electrons. The third-order valence-electron chi connectivity index (χ3n) is 4.46. The monoisotopic (exact) mass is 383 g/mol. The quantitative estimate of drug-likeness (QED) is 0.152. The van der Waals surface area contributed by atoms with Crippen LogP contribution in [0.1, 0.15) is 32.6 Å². The number of urea groups is 1. The number of primary amides is 1. The summed E-state index contributed by atoms with van der Waals surface area (Å²) in [6, 6.07) is -1.22. The van der Waals surface area contributed by atoms with Crippen molar-refractivity contribution in [3.8, 4) is 0 Å². The van der Waals surface area contributed by atoms with E-state index in [1.165, 1.54) is 4.90 Å². The molecular formula is C15H29N9O3. The predicted octanol–water partition coefficient (Wildman–Crippen LogP) is -2.48. The van der Waals surface area contributed by atoms with Crippen LogP contribution in [0.25, 0.3) is 0 Å². The minimum absolute atomic E-state index is 0.00686. The van der Waals surface area contributed by atoms with Crippen LogP contribution in [0.4, 0.5) is 4.79 Å². The van der Waals surface area contributed by atoms with Crippen molar-refractivity contribution in [3.63, 3.8) is 0 Å². The van der Waals surface area contributed by atoms with Gasteiger partial charge >= 0.3 is 6.03 Å². The van der Waals surface area contributed by atoms with Crippen molar-refractivity contribution >= 4 is 29.8 Å². The Morgan fingerprint density at radius 1 is 1.41 bits per heavy atom. The first kappa shape index (κ1) is 22.2. The number of amides is 4. The molecule has 12 heteroatoms. The summed E-state index contributed by atoms with van der Waals surface area (Å²) in [4.78, 5) is 45.5. The number of carbonyl (C=O) groups is 3. The number of nitrogens with two attached hydrogens (primary N) is 4. The molecule has 1 rings (SSSR count). The lowest BCUT2D eigenvalue weighted by molar-refractivity contribution is -0.145. The molecule has 2 atom stereocenters. The van der Waals surface area contributed by atoms with Crippen LogP contribution in [-0.4, -0.2) is 66.4 Å². The topological polar surface area (TPSA) is 207 Å². The van der Waals surface area contributed by atoms with Gasteiger partial charge in [0.05, 0.1) is 6.54 Å². The zero-order valence-electron chi connectivity index (χ0n) is 15.7. The summed E-state index contributed by atoms with van der Waals surface area (Å²) in [5, 5.41) is 4.68. The highest BCUT2D eigenvalue weighted by atomic mass is 16.2. The van der Waals surface area contributed by atoms with Crippen molar-refractivity contribution in [1.29, 1.82) is 0 Å². The summed E-state index contributed by atoms with van der Waals surface area (Å²) in [5.74, 6) is -0.740. The Bertz CT molecular complexity index is 630. The maximum atomic E-state index is 12.6. The van der Waals surface area contributed by atoms with Crippen molar-refractivity contribution in [2.24, 2.45) is 32.9 Å². The Kier molecular flexibility index (Phi) is 7.97. The molecule has 27 heavy (non-hydrogen) atoms. The third kappa shape index (κ3) is 6.09. The van der Waals surface area contributed by atoms with Crippen LogP contribution in [0, 0.1) is 0 Å². The third-order valence-corrected chi connectivity index (χ3v) is 4.46. The van der Waals surface area contributed by atoms with Crippen molar-refractivity contribution in [2.75, 3.05) is 20.1 Å². The summed E-state index contributed by atoms with van der Waals surface area (Å²) >= 11 is 0. The molecule has 10 N–H and O–H groups in total. The number of guanidine groups is 2. The zero-order valence-corrected chi connectivity index (χ0v) is 15.7. The van der Waals surface area contributed by atoms with E-state index in [1.807, 2.05) is 0 Å². The summed E-state index contributed by atoms with van der Waals surface area (Å²) in [6.45, 7) is 2.22. The van der Waals surface area contributed by atoms with Gasteiger partial charge in [-0.1, -0.05) is 6.92 Å². The van der Waals surface area contributed by atoms with Gasteiger partial charge in [-0.2, -0.15) is 0 Å². The maximum absolute atomic E-state index is 12.6. The summed E-state index contributed by atoms with van der Waals surface area (Å²) < 4.78 is 0. The fourth-order valence-corrected chi connectivity index (χ4v) is 2.76. The molecule has 0 aromatic rings. The van der Waals surface area contributed by atoms with Gasteiger partial charge in [0.1, 0.15) is 5.54 Å². The molecule has 1 heterocycles. The molecule has 0 saturated carbocycles. The first-order chi connectivity index (χ1) is 12.6. The lowest BCUT2D eigenvalue weighted by Gasteiger charge is -2.41. The van der Waals surface area contributed by atoms with E-state index in [0.29, 0.717) is 25.8 Å². The van der Waals surface area contributed by atoms with Gasteiger partial charge in [0.2, 0.25) is 11.9 Å². The average molecular weight is 383 g/mol. The van der Waals surface area contributed by atoms with E-state index >= 15 is 0 Å². The lowest BCUT2D eigenvalue weighted by Crippen LogP contribution is -2.66. The first-order valence-corrected chi connectivity index (χ1v) is 8.62. The molecule has 0 unspecified atom stereocenters. The zero-order chi connectivity index (χ0) is 20.6. The van der Waals surface area contributed by atoms with E-state index in [0.717, 1.165) is 0 Å². The molecule has 0 aliphatic carbocycles. The highest BCUT2D eigenvalue weighted by Crippen LogP contribution is 2.23. The van der Waals surface area contributed by atoms with Crippen LogP contribution < -0.4 is 33.6 Å². The smallest absolute Gasteiger partial charge is 0.318 e. The van der Waals surface area contributed by atoms with Crippen LogP contribution in [0.2, 0.25) is 0 Å². The Morgan fingerprint density at radius 3 is 2.59 bits per heavy atom. The molecular weight excluding hydrogens is 354 g/mol. The number of rotatable bonds is 8. The number of hydrogen-bond acceptors (Lipinski definition) is 6. The molecule has 0 spiro atoms. The van der Waals surface area contributed by atoms with E-state index in [4.69, 9.17) is 22.9 Å². The second-order valence-corrected chi connectivity index (χ2v) is 6.36. The van der Waals surface area contributed by atoms with Crippen LogP contribution in [-0.2, 0) is 9.59 Å². The van der Waals surface area contributed by atoms with Gasteiger partial charge in [0, 0.05) is 26.1 Å². The molecule has 0 bridgehead atoms. The Hall–Kier alpha value is -2.89. The highest BCUT2D eigenvalue weighted by molar-refractivity contribution is 6.09. The van der Waals surface area contributed by atoms with E-state index in [2.05, 4.69) is 20.6 Å². The lowest BCUT2D eigenvalue weighted by atomic mass is 9.91. The van der Waals surface area contributed by atoms with E-state index < -0.39 is 17.5 Å². The van der Waals surface area contributed by atoms with Gasteiger partial charge in [-0.3, -0.25) is 25.2 Å². The van der Waals surface area contributed by atoms with Crippen LogP contribution in [0.15, 0.2) is 9.98 Å². The minimum Gasteiger partial charge on any atom is -0.370 e. The van der Waals surface area contributed by atoms with Gasteiger partial charge in [0.25, 0.3) is 5.91 Å². The fraction of sp³-hybridized carbons (Fsp3) is 0.667. The molecule has 0 fully saturated rings. The number of nitrogens with one attached hydrogen (secondary N) is 2. The van der Waals surface area contributed by atoms with Gasteiger partial charge < -0.3 is 27.8 Å². The van der Waals surface area contributed by atoms with Crippen molar-refractivity contribution in [3.05, 3.63) is 0 Å². The number of aliphatic imine (C=N–C) groups is 2. The molecule has 0 aromatic heterocycles. The van der Waals surface area contributed by atoms with Crippen LogP contribution >= 0.6 is 0 Å². The normalized spacial score (nSPS) is 20.1. The number of likely N-dealkylation sites (N-methyl/N-ethyl adjacent to an activating group) is 1. The molecule has 12 nitrogen and oxygen atoms in total. The number of nitrogens with zero attached hydrogens (tertiary/aromatic N) is 3. The molecule has 1 aliphatic heterocycles. The molecule has 0 radical (unpaired) electrons. The molecule has 0 aromatic carbocycles. The van der Waals surface area contributed by atoms with Gasteiger partial charge in [-0.15, -0.1) is 0 Å². The van der Waals surface area contributed by atoms with Gasteiger partial charge in [-0.05, 0) is 19.3 Å². The first-order valence-electron chi connectivity index (χ1n) is 8.62. The highest BCUT2D eigenvalue weighted by Gasteiger charge is 2.45. The second kappa shape index (κ2) is 9.71.